The van der Waals surface area contributed by atoms with E-state index in [-0.39, 0.29) is 0 Å². The molecule has 0 saturated heterocycles. The zero-order valence-electron chi connectivity index (χ0n) is 30.3. The normalized spacial score (nSPS) is 16.3. The van der Waals surface area contributed by atoms with Gasteiger partial charge in [0.05, 0.1) is 10.9 Å². The minimum atomic E-state index is -0.468. The van der Waals surface area contributed by atoms with Crippen LogP contribution in [-0.4, -0.2) is 4.98 Å². The van der Waals surface area contributed by atoms with E-state index in [0.29, 0.717) is 5.92 Å². The van der Waals surface area contributed by atoms with E-state index in [2.05, 4.69) is 211 Å². The van der Waals surface area contributed by atoms with Crippen LogP contribution in [0, 0.1) is 5.92 Å². The molecule has 0 radical (unpaired) electrons. The van der Waals surface area contributed by atoms with Crippen molar-refractivity contribution in [2.75, 3.05) is 5.32 Å². The van der Waals surface area contributed by atoms with E-state index >= 15 is 0 Å². The van der Waals surface area contributed by atoms with Gasteiger partial charge in [-0.05, 0) is 86.8 Å². The van der Waals surface area contributed by atoms with E-state index in [0.717, 1.165) is 17.6 Å². The highest BCUT2D eigenvalue weighted by molar-refractivity contribution is 6.13. The van der Waals surface area contributed by atoms with Crippen LogP contribution < -0.4 is 5.32 Å². The number of para-hydroxylation sites is 1. The SMILES string of the molecule is C1=CC2=CC=C(Nc3ccccc3-c3cccc(-c4ccc5[nH]c6c7c(ccc6c5c4)-c4ccccc4C7(c4ccccc4)c4ccccc4)c3)CC2C=C1. The fraction of sp³-hybridized carbons (Fsp3) is 0.0566. The lowest BCUT2D eigenvalue weighted by molar-refractivity contribution is 0.749. The molecule has 2 N–H and O–H groups in total. The Morgan fingerprint density at radius 2 is 1.27 bits per heavy atom. The number of benzene rings is 7. The lowest BCUT2D eigenvalue weighted by Gasteiger charge is -2.34. The first-order valence-corrected chi connectivity index (χ1v) is 19.3. The topological polar surface area (TPSA) is 27.8 Å². The Hall–Kier alpha value is -6.90. The molecule has 3 aliphatic carbocycles. The van der Waals surface area contributed by atoms with Crippen LogP contribution in [0.4, 0.5) is 5.69 Å². The van der Waals surface area contributed by atoms with E-state index in [1.54, 1.807) is 0 Å². The van der Waals surface area contributed by atoms with Crippen LogP contribution in [0.5, 0.6) is 0 Å². The van der Waals surface area contributed by atoms with Crippen molar-refractivity contribution in [1.29, 1.82) is 0 Å². The van der Waals surface area contributed by atoms with Gasteiger partial charge in [-0.2, -0.15) is 0 Å². The Morgan fingerprint density at radius 1 is 0.545 bits per heavy atom. The predicted octanol–water partition coefficient (Wildman–Crippen LogP) is 13.4. The van der Waals surface area contributed by atoms with Crippen LogP contribution in [-0.2, 0) is 5.41 Å². The van der Waals surface area contributed by atoms with Gasteiger partial charge in [-0.25, -0.2) is 0 Å². The Balaban J connectivity index is 1.03. The van der Waals surface area contributed by atoms with E-state index in [9.17, 15) is 0 Å². The quantitative estimate of drug-likeness (QED) is 0.177. The molecule has 2 nitrogen and oxygen atoms in total. The molecule has 1 unspecified atom stereocenters. The summed E-state index contributed by atoms with van der Waals surface area (Å²) in [4.78, 5) is 3.96. The van der Waals surface area contributed by atoms with Crippen LogP contribution in [0.15, 0.2) is 212 Å². The van der Waals surface area contributed by atoms with Crippen molar-refractivity contribution in [3.05, 3.63) is 234 Å². The number of fused-ring (bicyclic) bond motifs is 8. The second kappa shape index (κ2) is 12.6. The first kappa shape index (κ1) is 31.6. The molecule has 3 aliphatic rings. The lowest BCUT2D eigenvalue weighted by atomic mass is 9.67. The standard InChI is InChI=1S/C53H38N2/c1-3-18-40(19-4-1)53(41-20-5-2-6-21-41)48-24-11-9-23-44(48)45-29-30-46-47-34-38(27-31-50(47)55-52(46)51(45)53)36-16-13-17-39(32-36)43-22-10-12-25-49(43)54-42-28-26-35-14-7-8-15-37(35)33-42/h1-32,34,37,54-55H,33H2. The second-order valence-electron chi connectivity index (χ2n) is 15.0. The monoisotopic (exact) mass is 702 g/mol. The number of hydrogen-bond donors (Lipinski definition) is 2. The molecule has 0 fully saturated rings. The summed E-state index contributed by atoms with van der Waals surface area (Å²) in [5.74, 6) is 0.428. The van der Waals surface area contributed by atoms with Gasteiger partial charge in [0.25, 0.3) is 0 Å². The van der Waals surface area contributed by atoms with Gasteiger partial charge in [-0.1, -0.05) is 170 Å². The van der Waals surface area contributed by atoms with Crippen molar-refractivity contribution < 1.29 is 0 Å². The summed E-state index contributed by atoms with van der Waals surface area (Å²) < 4.78 is 0. The van der Waals surface area contributed by atoms with Gasteiger partial charge in [0.15, 0.2) is 0 Å². The van der Waals surface area contributed by atoms with E-state index < -0.39 is 5.41 Å². The average Bonchev–Trinajstić information content (AvgIpc) is 3.78. The molecule has 1 atom stereocenters. The number of aromatic nitrogens is 1. The summed E-state index contributed by atoms with van der Waals surface area (Å²) in [5, 5.41) is 6.27. The Bertz CT molecular complexity index is 2880. The minimum Gasteiger partial charge on any atom is -0.358 e. The number of aromatic amines is 1. The fourth-order valence-electron chi connectivity index (χ4n) is 9.53. The number of rotatable bonds is 6. The largest absolute Gasteiger partial charge is 0.358 e. The van der Waals surface area contributed by atoms with Gasteiger partial charge in [-0.3, -0.25) is 0 Å². The summed E-state index contributed by atoms with van der Waals surface area (Å²) in [7, 11) is 0. The van der Waals surface area contributed by atoms with Crippen LogP contribution >= 0.6 is 0 Å². The van der Waals surface area contributed by atoms with Gasteiger partial charge in [0.1, 0.15) is 0 Å². The molecule has 1 heterocycles. The maximum atomic E-state index is 3.96. The highest BCUT2D eigenvalue weighted by atomic mass is 14.9. The molecule has 2 heteroatoms. The van der Waals surface area contributed by atoms with Crippen molar-refractivity contribution in [3.8, 4) is 33.4 Å². The number of allylic oxidation sites excluding steroid dienone is 8. The highest BCUT2D eigenvalue weighted by Gasteiger charge is 2.47. The van der Waals surface area contributed by atoms with Crippen LogP contribution in [0.3, 0.4) is 0 Å². The molecule has 0 saturated carbocycles. The Kier molecular flexibility index (Phi) is 7.25. The molecular weight excluding hydrogens is 665 g/mol. The van der Waals surface area contributed by atoms with Crippen molar-refractivity contribution >= 4 is 27.5 Å². The van der Waals surface area contributed by atoms with Crippen LogP contribution in [0.2, 0.25) is 0 Å². The van der Waals surface area contributed by atoms with Crippen molar-refractivity contribution in [1.82, 2.24) is 4.98 Å². The molecule has 0 amide bonds. The molecule has 8 aromatic rings. The number of hydrogen-bond acceptors (Lipinski definition) is 1. The first-order valence-electron chi connectivity index (χ1n) is 19.3. The third kappa shape index (κ3) is 4.95. The summed E-state index contributed by atoms with van der Waals surface area (Å²) in [6.07, 6.45) is 14.3. The molecule has 0 bridgehead atoms. The maximum Gasteiger partial charge on any atom is 0.0734 e. The zero-order valence-corrected chi connectivity index (χ0v) is 30.3. The molecule has 55 heavy (non-hydrogen) atoms. The zero-order chi connectivity index (χ0) is 36.3. The molecular formula is C53H38N2. The highest BCUT2D eigenvalue weighted by Crippen LogP contribution is 2.58. The number of anilines is 1. The summed E-state index contributed by atoms with van der Waals surface area (Å²) in [6.45, 7) is 0. The van der Waals surface area contributed by atoms with E-state index in [4.69, 9.17) is 0 Å². The van der Waals surface area contributed by atoms with Crippen LogP contribution in [0.25, 0.3) is 55.2 Å². The smallest absolute Gasteiger partial charge is 0.0734 e. The second-order valence-corrected chi connectivity index (χ2v) is 15.0. The molecule has 1 aromatic heterocycles. The third-order valence-electron chi connectivity index (χ3n) is 12.0. The summed E-state index contributed by atoms with van der Waals surface area (Å²) in [5.41, 5.74) is 18.2. The molecule has 260 valence electrons. The van der Waals surface area contributed by atoms with Gasteiger partial charge in [0.2, 0.25) is 0 Å². The lowest BCUT2D eigenvalue weighted by Crippen LogP contribution is -2.28. The van der Waals surface area contributed by atoms with Crippen molar-refractivity contribution in [2.24, 2.45) is 5.92 Å². The van der Waals surface area contributed by atoms with Gasteiger partial charge in [-0.15, -0.1) is 0 Å². The van der Waals surface area contributed by atoms with Gasteiger partial charge >= 0.3 is 0 Å². The summed E-state index contributed by atoms with van der Waals surface area (Å²) in [6, 6.07) is 60.3. The average molecular weight is 703 g/mol. The number of nitrogens with one attached hydrogen (secondary N) is 2. The fourth-order valence-corrected chi connectivity index (χ4v) is 9.53. The molecule has 0 spiro atoms. The third-order valence-corrected chi connectivity index (χ3v) is 12.0. The minimum absolute atomic E-state index is 0.428. The Morgan fingerprint density at radius 3 is 2.11 bits per heavy atom. The van der Waals surface area contributed by atoms with Crippen molar-refractivity contribution in [3.63, 3.8) is 0 Å². The maximum absolute atomic E-state index is 3.96. The summed E-state index contributed by atoms with van der Waals surface area (Å²) >= 11 is 0. The predicted molar refractivity (Wildman–Crippen MR) is 230 cm³/mol. The van der Waals surface area contributed by atoms with Gasteiger partial charge in [0, 0.05) is 44.7 Å². The van der Waals surface area contributed by atoms with E-state index in [1.165, 1.54) is 83.2 Å². The van der Waals surface area contributed by atoms with E-state index in [1.807, 2.05) is 0 Å². The number of H-pyrrole nitrogens is 1. The Labute approximate surface area is 321 Å². The first-order chi connectivity index (χ1) is 27.3. The molecule has 0 aliphatic heterocycles. The van der Waals surface area contributed by atoms with Gasteiger partial charge < -0.3 is 10.3 Å². The molecule has 7 aromatic carbocycles. The molecule has 11 rings (SSSR count). The van der Waals surface area contributed by atoms with Crippen LogP contribution in [0.1, 0.15) is 28.7 Å². The van der Waals surface area contributed by atoms with Crippen molar-refractivity contribution in [2.45, 2.75) is 11.8 Å².